The molecule has 32 heavy (non-hydrogen) atoms. The molecular weight excluding hydrogens is 422 g/mol. The highest BCUT2D eigenvalue weighted by Crippen LogP contribution is 2.20. The van der Waals surface area contributed by atoms with Gasteiger partial charge in [-0.25, -0.2) is 8.42 Å². The monoisotopic (exact) mass is 447 g/mol. The van der Waals surface area contributed by atoms with Crippen molar-refractivity contribution < 1.29 is 13.2 Å². The van der Waals surface area contributed by atoms with Crippen LogP contribution < -0.4 is 10.0 Å². The van der Waals surface area contributed by atoms with Gasteiger partial charge in [-0.1, -0.05) is 24.3 Å². The Morgan fingerprint density at radius 3 is 2.44 bits per heavy atom. The van der Waals surface area contributed by atoms with E-state index in [-0.39, 0.29) is 10.8 Å². The number of rotatable bonds is 7. The second-order valence-corrected chi connectivity index (χ2v) is 9.48. The summed E-state index contributed by atoms with van der Waals surface area (Å²) in [5.74, 6) is -0.201. The number of fused-ring (bicyclic) bond motifs is 1. The predicted molar refractivity (Wildman–Crippen MR) is 128 cm³/mol. The van der Waals surface area contributed by atoms with E-state index in [1.54, 1.807) is 42.5 Å². The molecule has 0 saturated carbocycles. The van der Waals surface area contributed by atoms with Crippen molar-refractivity contribution in [3.8, 4) is 0 Å². The summed E-state index contributed by atoms with van der Waals surface area (Å²) in [6.07, 6.45) is 2.68. The Morgan fingerprint density at radius 1 is 0.938 bits per heavy atom. The van der Waals surface area contributed by atoms with Crippen molar-refractivity contribution in [2.24, 2.45) is 0 Å². The average Bonchev–Trinajstić information content (AvgIpc) is 3.19. The molecule has 7 heteroatoms. The Balaban J connectivity index is 1.36. The van der Waals surface area contributed by atoms with Crippen molar-refractivity contribution in [3.05, 3.63) is 95.2 Å². The molecule has 0 unspecified atom stereocenters. The molecule has 6 nitrogen and oxygen atoms in total. The van der Waals surface area contributed by atoms with Gasteiger partial charge >= 0.3 is 0 Å². The van der Waals surface area contributed by atoms with E-state index < -0.39 is 10.0 Å². The molecule has 1 amide bonds. The molecule has 0 atom stereocenters. The number of carbonyl (C=O) groups is 1. The number of hydrogen-bond acceptors (Lipinski definition) is 3. The Morgan fingerprint density at radius 2 is 1.69 bits per heavy atom. The quantitative estimate of drug-likeness (QED) is 0.388. The lowest BCUT2D eigenvalue weighted by atomic mass is 10.1. The topological polar surface area (TPSA) is 91.1 Å². The second-order valence-electron chi connectivity index (χ2n) is 7.79. The number of benzene rings is 3. The third-order valence-corrected chi connectivity index (χ3v) is 6.92. The smallest absolute Gasteiger partial charge is 0.261 e. The SMILES string of the molecule is Cc1ccc(S(=O)(=O)Nc2ccc(C(=O)NCCc3c[nH]c4ccccc34)cc2)cc1C. The van der Waals surface area contributed by atoms with E-state index in [4.69, 9.17) is 0 Å². The van der Waals surface area contributed by atoms with Crippen LogP contribution in [0.15, 0.2) is 77.8 Å². The van der Waals surface area contributed by atoms with Crippen LogP contribution in [0.1, 0.15) is 27.0 Å². The summed E-state index contributed by atoms with van der Waals surface area (Å²) >= 11 is 0. The number of carbonyl (C=O) groups excluding carboxylic acids is 1. The minimum Gasteiger partial charge on any atom is -0.361 e. The first-order valence-electron chi connectivity index (χ1n) is 10.4. The number of aromatic nitrogens is 1. The molecule has 0 bridgehead atoms. The summed E-state index contributed by atoms with van der Waals surface area (Å²) < 4.78 is 27.8. The maximum absolute atomic E-state index is 12.6. The number of sulfonamides is 1. The molecule has 3 N–H and O–H groups in total. The first kappa shape index (κ1) is 21.6. The summed E-state index contributed by atoms with van der Waals surface area (Å²) in [5.41, 5.74) is 5.04. The minimum atomic E-state index is -3.70. The Hall–Kier alpha value is -3.58. The van der Waals surface area contributed by atoms with Crippen molar-refractivity contribution in [1.29, 1.82) is 0 Å². The Bertz CT molecular complexity index is 1370. The van der Waals surface area contributed by atoms with Crippen molar-refractivity contribution in [2.45, 2.75) is 25.2 Å². The highest BCUT2D eigenvalue weighted by molar-refractivity contribution is 7.92. The van der Waals surface area contributed by atoms with E-state index >= 15 is 0 Å². The van der Waals surface area contributed by atoms with Gasteiger partial charge in [0, 0.05) is 34.9 Å². The summed E-state index contributed by atoms with van der Waals surface area (Å²) in [4.78, 5) is 15.9. The van der Waals surface area contributed by atoms with Crippen LogP contribution in [0.4, 0.5) is 5.69 Å². The molecule has 3 aromatic carbocycles. The maximum atomic E-state index is 12.6. The van der Waals surface area contributed by atoms with Crippen molar-refractivity contribution in [1.82, 2.24) is 10.3 Å². The molecule has 0 fully saturated rings. The maximum Gasteiger partial charge on any atom is 0.261 e. The van der Waals surface area contributed by atoms with Gasteiger partial charge in [0.1, 0.15) is 0 Å². The van der Waals surface area contributed by atoms with E-state index in [9.17, 15) is 13.2 Å². The van der Waals surface area contributed by atoms with Gasteiger partial charge in [-0.3, -0.25) is 9.52 Å². The van der Waals surface area contributed by atoms with Crippen molar-refractivity contribution in [2.75, 3.05) is 11.3 Å². The number of anilines is 1. The summed E-state index contributed by atoms with van der Waals surface area (Å²) in [5, 5.41) is 4.07. The number of amides is 1. The normalized spacial score (nSPS) is 11.4. The molecule has 4 aromatic rings. The van der Waals surface area contributed by atoms with E-state index in [2.05, 4.69) is 21.1 Å². The summed E-state index contributed by atoms with van der Waals surface area (Å²) in [7, 11) is -3.70. The molecule has 0 saturated heterocycles. The molecule has 0 radical (unpaired) electrons. The highest BCUT2D eigenvalue weighted by atomic mass is 32.2. The number of aryl methyl sites for hydroxylation is 2. The third kappa shape index (κ3) is 4.68. The van der Waals surface area contributed by atoms with Crippen molar-refractivity contribution in [3.63, 3.8) is 0 Å². The first-order valence-corrected chi connectivity index (χ1v) is 11.9. The van der Waals surface area contributed by atoms with Crippen LogP contribution in [0.2, 0.25) is 0 Å². The van der Waals surface area contributed by atoms with Crippen LogP contribution in [0.25, 0.3) is 10.9 Å². The highest BCUT2D eigenvalue weighted by Gasteiger charge is 2.15. The van der Waals surface area contributed by atoms with Crippen LogP contribution in [0.5, 0.6) is 0 Å². The van der Waals surface area contributed by atoms with E-state index in [0.717, 1.165) is 27.6 Å². The number of nitrogens with one attached hydrogen (secondary N) is 3. The Labute approximate surface area is 187 Å². The average molecular weight is 448 g/mol. The fraction of sp³-hybridized carbons (Fsp3) is 0.160. The second kappa shape index (κ2) is 8.88. The van der Waals surface area contributed by atoms with Crippen LogP contribution in [0.3, 0.4) is 0 Å². The molecule has 0 aliphatic rings. The lowest BCUT2D eigenvalue weighted by Crippen LogP contribution is -2.25. The first-order chi connectivity index (χ1) is 15.3. The summed E-state index contributed by atoms with van der Waals surface area (Å²) in [6.45, 7) is 4.31. The predicted octanol–water partition coefficient (Wildman–Crippen LogP) is 4.56. The lowest BCUT2D eigenvalue weighted by Gasteiger charge is -2.10. The zero-order valence-electron chi connectivity index (χ0n) is 18.0. The summed E-state index contributed by atoms with van der Waals surface area (Å²) in [6, 6.07) is 19.5. The van der Waals surface area contributed by atoms with Crippen LogP contribution in [0, 0.1) is 13.8 Å². The van der Waals surface area contributed by atoms with Crippen molar-refractivity contribution >= 4 is 32.5 Å². The number of H-pyrrole nitrogens is 1. The van der Waals surface area contributed by atoms with Crippen LogP contribution >= 0.6 is 0 Å². The lowest BCUT2D eigenvalue weighted by molar-refractivity contribution is 0.0954. The molecule has 4 rings (SSSR count). The molecule has 0 spiro atoms. The fourth-order valence-electron chi connectivity index (χ4n) is 3.54. The van der Waals surface area contributed by atoms with Gasteiger partial charge in [0.05, 0.1) is 4.90 Å². The van der Waals surface area contributed by atoms with Gasteiger partial charge in [0.2, 0.25) is 0 Å². The van der Waals surface area contributed by atoms with Gasteiger partial charge in [-0.05, 0) is 79.4 Å². The number of hydrogen-bond donors (Lipinski definition) is 3. The number of para-hydroxylation sites is 1. The fourth-order valence-corrected chi connectivity index (χ4v) is 4.68. The van der Waals surface area contributed by atoms with E-state index in [0.29, 0.717) is 24.2 Å². The molecule has 0 aliphatic carbocycles. The van der Waals surface area contributed by atoms with Gasteiger partial charge in [-0.15, -0.1) is 0 Å². The largest absolute Gasteiger partial charge is 0.361 e. The zero-order valence-corrected chi connectivity index (χ0v) is 18.8. The zero-order chi connectivity index (χ0) is 22.7. The minimum absolute atomic E-state index is 0.201. The molecule has 164 valence electrons. The van der Waals surface area contributed by atoms with Crippen LogP contribution in [-0.4, -0.2) is 25.9 Å². The molecular formula is C25H25N3O3S. The standard InChI is InChI=1S/C25H25N3O3S/c1-17-7-12-22(15-18(17)2)32(30,31)28-21-10-8-19(9-11-21)25(29)26-14-13-20-16-27-24-6-4-3-5-23(20)24/h3-12,15-16,27-28H,13-14H2,1-2H3,(H,26,29). The molecule has 1 heterocycles. The van der Waals surface area contributed by atoms with Gasteiger partial charge in [0.15, 0.2) is 0 Å². The van der Waals surface area contributed by atoms with Crippen LogP contribution in [-0.2, 0) is 16.4 Å². The van der Waals surface area contributed by atoms with E-state index in [1.165, 1.54) is 0 Å². The van der Waals surface area contributed by atoms with E-state index in [1.807, 2.05) is 38.2 Å². The Kier molecular flexibility index (Phi) is 6.01. The molecule has 1 aromatic heterocycles. The molecule has 0 aliphatic heterocycles. The van der Waals surface area contributed by atoms with Gasteiger partial charge in [-0.2, -0.15) is 0 Å². The van der Waals surface area contributed by atoms with Gasteiger partial charge in [0.25, 0.3) is 15.9 Å². The number of aromatic amines is 1. The third-order valence-electron chi connectivity index (χ3n) is 5.54. The van der Waals surface area contributed by atoms with Gasteiger partial charge < -0.3 is 10.3 Å².